The van der Waals surface area contributed by atoms with E-state index in [4.69, 9.17) is 5.11 Å². The fourth-order valence-corrected chi connectivity index (χ4v) is 1.27. The molecule has 0 aliphatic heterocycles. The van der Waals surface area contributed by atoms with E-state index in [9.17, 15) is 4.79 Å². The number of nitrogens with zero attached hydrogens (tertiary/aromatic N) is 1. The molecule has 4 nitrogen and oxygen atoms in total. The maximum atomic E-state index is 10.7. The van der Waals surface area contributed by atoms with Gasteiger partial charge in [-0.2, -0.15) is 0 Å². The van der Waals surface area contributed by atoms with Crippen molar-refractivity contribution in [2.75, 3.05) is 6.54 Å². The maximum Gasteiger partial charge on any atom is 0.354 e. The Hall–Kier alpha value is -1.68. The third-order valence-corrected chi connectivity index (χ3v) is 2.06. The zero-order valence-electron chi connectivity index (χ0n) is 9.31. The van der Waals surface area contributed by atoms with E-state index in [1.165, 1.54) is 6.07 Å². The molecule has 0 radical (unpaired) electrons. The molecular formula is C12H16N2O2. The van der Waals surface area contributed by atoms with Gasteiger partial charge in [-0.15, -0.1) is 0 Å². The van der Waals surface area contributed by atoms with E-state index in [0.29, 0.717) is 6.54 Å². The second-order valence-electron chi connectivity index (χ2n) is 3.35. The van der Waals surface area contributed by atoms with Crippen LogP contribution in [0.1, 0.15) is 29.5 Å². The molecule has 0 aliphatic rings. The van der Waals surface area contributed by atoms with E-state index < -0.39 is 5.97 Å². The molecular weight excluding hydrogens is 204 g/mol. The second-order valence-corrected chi connectivity index (χ2v) is 3.35. The highest BCUT2D eigenvalue weighted by Crippen LogP contribution is 1.99. The van der Waals surface area contributed by atoms with Gasteiger partial charge in [-0.05, 0) is 32.0 Å². The molecule has 0 unspecified atom stereocenters. The van der Waals surface area contributed by atoms with Gasteiger partial charge < -0.3 is 10.4 Å². The number of nitrogens with one attached hydrogen (secondary N) is 1. The van der Waals surface area contributed by atoms with Crippen LogP contribution in [0, 0.1) is 0 Å². The molecule has 0 amide bonds. The third-order valence-electron chi connectivity index (χ3n) is 2.06. The molecule has 1 aromatic heterocycles. The summed E-state index contributed by atoms with van der Waals surface area (Å²) in [5.74, 6) is -0.990. The third kappa shape index (κ3) is 4.23. The largest absolute Gasteiger partial charge is 0.477 e. The van der Waals surface area contributed by atoms with Gasteiger partial charge in [0.15, 0.2) is 0 Å². The first-order valence-corrected chi connectivity index (χ1v) is 5.25. The van der Waals surface area contributed by atoms with Crippen molar-refractivity contribution < 1.29 is 9.90 Å². The van der Waals surface area contributed by atoms with Crippen LogP contribution in [0.25, 0.3) is 0 Å². The average Bonchev–Trinajstić information content (AvgIpc) is 2.29. The molecule has 4 heteroatoms. The van der Waals surface area contributed by atoms with Gasteiger partial charge in [0, 0.05) is 6.54 Å². The smallest absolute Gasteiger partial charge is 0.354 e. The number of hydrogen-bond acceptors (Lipinski definition) is 3. The van der Waals surface area contributed by atoms with Crippen molar-refractivity contribution in [3.63, 3.8) is 0 Å². The number of aromatic nitrogens is 1. The summed E-state index contributed by atoms with van der Waals surface area (Å²) < 4.78 is 0. The molecule has 0 fully saturated rings. The SMILES string of the molecule is C/C=C/CCNCc1cccc(C(=O)O)n1. The maximum absolute atomic E-state index is 10.7. The first-order chi connectivity index (χ1) is 7.74. The molecule has 0 spiro atoms. The zero-order valence-corrected chi connectivity index (χ0v) is 9.31. The van der Waals surface area contributed by atoms with Crippen LogP contribution >= 0.6 is 0 Å². The van der Waals surface area contributed by atoms with Crippen molar-refractivity contribution in [3.05, 3.63) is 41.7 Å². The fraction of sp³-hybridized carbons (Fsp3) is 0.333. The summed E-state index contributed by atoms with van der Waals surface area (Å²) in [5, 5.41) is 12.0. The summed E-state index contributed by atoms with van der Waals surface area (Å²) in [6.07, 6.45) is 5.05. The molecule has 0 aromatic carbocycles. The number of rotatable bonds is 6. The second kappa shape index (κ2) is 6.74. The van der Waals surface area contributed by atoms with Gasteiger partial charge in [-0.25, -0.2) is 9.78 Å². The van der Waals surface area contributed by atoms with Crippen molar-refractivity contribution in [3.8, 4) is 0 Å². The van der Waals surface area contributed by atoms with Gasteiger partial charge in [0.05, 0.1) is 5.69 Å². The number of allylic oxidation sites excluding steroid dienone is 1. The Morgan fingerprint density at radius 1 is 1.56 bits per heavy atom. The van der Waals surface area contributed by atoms with Gasteiger partial charge in [0.2, 0.25) is 0 Å². The molecule has 16 heavy (non-hydrogen) atoms. The number of aromatic carboxylic acids is 1. The summed E-state index contributed by atoms with van der Waals surface area (Å²) in [7, 11) is 0. The Morgan fingerprint density at radius 2 is 2.38 bits per heavy atom. The lowest BCUT2D eigenvalue weighted by molar-refractivity contribution is 0.0690. The van der Waals surface area contributed by atoms with E-state index in [0.717, 1.165) is 18.7 Å². The lowest BCUT2D eigenvalue weighted by atomic mass is 10.3. The van der Waals surface area contributed by atoms with E-state index in [1.807, 2.05) is 19.1 Å². The Kier molecular flexibility index (Phi) is 5.22. The van der Waals surface area contributed by atoms with Crippen molar-refractivity contribution in [1.29, 1.82) is 0 Å². The van der Waals surface area contributed by atoms with Gasteiger partial charge in [0.25, 0.3) is 0 Å². The van der Waals surface area contributed by atoms with Gasteiger partial charge in [-0.1, -0.05) is 18.2 Å². The molecule has 0 bridgehead atoms. The topological polar surface area (TPSA) is 62.2 Å². The number of carboxylic acids is 1. The molecule has 0 saturated carbocycles. The molecule has 0 aliphatic carbocycles. The fourth-order valence-electron chi connectivity index (χ4n) is 1.27. The molecule has 1 heterocycles. The van der Waals surface area contributed by atoms with Gasteiger partial charge in [-0.3, -0.25) is 0 Å². The van der Waals surface area contributed by atoms with Crippen LogP contribution < -0.4 is 5.32 Å². The van der Waals surface area contributed by atoms with Crippen molar-refractivity contribution in [2.24, 2.45) is 0 Å². The predicted octanol–water partition coefficient (Wildman–Crippen LogP) is 1.84. The Morgan fingerprint density at radius 3 is 3.06 bits per heavy atom. The zero-order chi connectivity index (χ0) is 11.8. The van der Waals surface area contributed by atoms with Crippen LogP contribution in [0.4, 0.5) is 0 Å². The standard InChI is InChI=1S/C12H16N2O2/c1-2-3-4-8-13-9-10-6-5-7-11(14-10)12(15)16/h2-3,5-7,13H,4,8-9H2,1H3,(H,15,16)/b3-2+. The van der Waals surface area contributed by atoms with E-state index in [1.54, 1.807) is 6.07 Å². The van der Waals surface area contributed by atoms with Crippen molar-refractivity contribution >= 4 is 5.97 Å². The molecule has 0 atom stereocenters. The summed E-state index contributed by atoms with van der Waals surface area (Å²) >= 11 is 0. The molecule has 2 N–H and O–H groups in total. The van der Waals surface area contributed by atoms with E-state index in [2.05, 4.69) is 16.4 Å². The molecule has 86 valence electrons. The Labute approximate surface area is 95.0 Å². The quantitative estimate of drug-likeness (QED) is 0.567. The number of carboxylic acid groups (broad SMARTS) is 1. The first-order valence-electron chi connectivity index (χ1n) is 5.25. The van der Waals surface area contributed by atoms with Crippen molar-refractivity contribution in [1.82, 2.24) is 10.3 Å². The molecule has 1 aromatic rings. The highest BCUT2D eigenvalue weighted by Gasteiger charge is 2.04. The van der Waals surface area contributed by atoms with Crippen LogP contribution in [-0.2, 0) is 6.54 Å². The van der Waals surface area contributed by atoms with E-state index in [-0.39, 0.29) is 5.69 Å². The minimum absolute atomic E-state index is 0.0905. The Balaban J connectivity index is 2.42. The molecule has 0 saturated heterocycles. The summed E-state index contributed by atoms with van der Waals surface area (Å²) in [4.78, 5) is 14.7. The monoisotopic (exact) mass is 220 g/mol. The van der Waals surface area contributed by atoms with Crippen LogP contribution in [0.15, 0.2) is 30.4 Å². The number of pyridine rings is 1. The minimum atomic E-state index is -0.990. The Bertz CT molecular complexity index is 375. The summed E-state index contributed by atoms with van der Waals surface area (Å²) in [6, 6.07) is 5.01. The van der Waals surface area contributed by atoms with E-state index >= 15 is 0 Å². The predicted molar refractivity (Wildman–Crippen MR) is 62.3 cm³/mol. The molecule has 1 rings (SSSR count). The number of hydrogen-bond donors (Lipinski definition) is 2. The van der Waals surface area contributed by atoms with Crippen molar-refractivity contribution in [2.45, 2.75) is 19.9 Å². The lowest BCUT2D eigenvalue weighted by Gasteiger charge is -2.03. The average molecular weight is 220 g/mol. The number of carbonyl (C=O) groups is 1. The highest BCUT2D eigenvalue weighted by atomic mass is 16.4. The summed E-state index contributed by atoms with van der Waals surface area (Å²) in [5.41, 5.74) is 0.841. The van der Waals surface area contributed by atoms with Crippen LogP contribution in [0.5, 0.6) is 0 Å². The van der Waals surface area contributed by atoms with Crippen LogP contribution in [0.2, 0.25) is 0 Å². The van der Waals surface area contributed by atoms with Gasteiger partial charge in [0.1, 0.15) is 5.69 Å². The minimum Gasteiger partial charge on any atom is -0.477 e. The van der Waals surface area contributed by atoms with Gasteiger partial charge >= 0.3 is 5.97 Å². The van der Waals surface area contributed by atoms with Crippen LogP contribution in [-0.4, -0.2) is 22.6 Å². The first kappa shape index (κ1) is 12.4. The normalized spacial score (nSPS) is 10.8. The highest BCUT2D eigenvalue weighted by molar-refractivity contribution is 5.85. The summed E-state index contributed by atoms with van der Waals surface area (Å²) in [6.45, 7) is 3.44. The lowest BCUT2D eigenvalue weighted by Crippen LogP contribution is -2.16. The van der Waals surface area contributed by atoms with Crippen LogP contribution in [0.3, 0.4) is 0 Å².